The quantitative estimate of drug-likeness (QED) is 0.163. The number of allylic oxidation sites excluding steroid dienone is 8. The fraction of sp³-hybridized carbons (Fsp3) is 0.282. The van der Waals surface area contributed by atoms with Crippen LogP contribution in [-0.2, 0) is 41.5 Å². The van der Waals surface area contributed by atoms with Crippen LogP contribution < -0.4 is 0 Å². The van der Waals surface area contributed by atoms with Crippen LogP contribution in [0.25, 0.3) is 22.3 Å². The third-order valence-electron chi connectivity index (χ3n) is 7.90. The van der Waals surface area contributed by atoms with Crippen LogP contribution >= 0.6 is 24.8 Å². The van der Waals surface area contributed by atoms with Gasteiger partial charge in [0.15, 0.2) is 0 Å². The number of hydrogen-bond acceptors (Lipinski definition) is 0. The first-order chi connectivity index (χ1) is 18.6. The Balaban J connectivity index is 0.000000434. The standard InChI is InChI=1S/C25H25.C7H7.C5H5.CH3.CH2.2ClH.Zr/c1-14-12-24(3,4)22-8-16-7-17-9-23-19(15(2)13-25(23,5)6)11-21(17)20(16)10-18(14)22;1-7-5-3-2-4-6-7;1-2-4-5-3-1;;;;;/h8-12H,7H2,1-6H3;3-6H,1H3;1-3H,4H2;1H3;1H2;2*1H;/q4*-1;;;;. The van der Waals surface area contributed by atoms with Crippen molar-refractivity contribution in [2.45, 2.75) is 72.1 Å². The maximum Gasteiger partial charge on any atom is -0.358 e. The largest absolute Gasteiger partial charge is 0.358 e. The molecule has 0 N–H and O–H groups in total. The zero-order valence-corrected chi connectivity index (χ0v) is 30.5. The summed E-state index contributed by atoms with van der Waals surface area (Å²) in [6.45, 7) is 15.7. The van der Waals surface area contributed by atoms with Crippen molar-refractivity contribution < 1.29 is 24.2 Å². The Kier molecular flexibility index (Phi) is 14.1. The van der Waals surface area contributed by atoms with Crippen molar-refractivity contribution in [1.82, 2.24) is 0 Å². The molecule has 0 nitrogen and oxygen atoms in total. The summed E-state index contributed by atoms with van der Waals surface area (Å²) in [6.07, 6.45) is 17.1. The van der Waals surface area contributed by atoms with Crippen LogP contribution in [0.5, 0.6) is 0 Å². The summed E-state index contributed by atoms with van der Waals surface area (Å²) < 4.78 is 3.34. The van der Waals surface area contributed by atoms with E-state index in [4.69, 9.17) is 0 Å². The van der Waals surface area contributed by atoms with Crippen molar-refractivity contribution in [2.24, 2.45) is 0 Å². The van der Waals surface area contributed by atoms with Gasteiger partial charge in [-0.05, 0) is 58.4 Å². The molecule has 3 aromatic carbocycles. The molecule has 0 bridgehead atoms. The SMILES string of the molecule is CC1=[C-]C(C)(C)c2cc3c(cc21)-c1cc2c(cc1C3)C(C)(C)C=C2C.Cc1cc[c-]cc1.Cl.Cl.[C-]1=CC=CC1.[CH2]=[Zr].[CH3-]. The van der Waals surface area contributed by atoms with Crippen LogP contribution in [0.1, 0.15) is 86.9 Å². The smallest absolute Gasteiger partial charge is 0.358 e. The summed E-state index contributed by atoms with van der Waals surface area (Å²) in [6, 6.07) is 20.6. The van der Waals surface area contributed by atoms with Crippen LogP contribution in [0.4, 0.5) is 0 Å². The van der Waals surface area contributed by atoms with Gasteiger partial charge in [0, 0.05) is 5.41 Å². The number of benzene rings is 3. The van der Waals surface area contributed by atoms with Crippen LogP contribution in [0.3, 0.4) is 0 Å². The second-order valence-electron chi connectivity index (χ2n) is 11.8. The third-order valence-corrected chi connectivity index (χ3v) is 7.90. The minimum Gasteiger partial charge on any atom is -0.358 e. The van der Waals surface area contributed by atoms with E-state index in [2.05, 4.69) is 107 Å². The van der Waals surface area contributed by atoms with Crippen molar-refractivity contribution in [1.29, 1.82) is 0 Å². The number of fused-ring (bicyclic) bond motifs is 5. The molecule has 3 aromatic rings. The van der Waals surface area contributed by atoms with Crippen LogP contribution in [-0.4, -0.2) is 4.21 Å². The number of rotatable bonds is 0. The van der Waals surface area contributed by atoms with Gasteiger partial charge in [-0.1, -0.05) is 65.2 Å². The van der Waals surface area contributed by atoms with E-state index in [9.17, 15) is 0 Å². The Morgan fingerprint density at radius 1 is 0.786 bits per heavy atom. The molecule has 3 heteroatoms. The number of halogens is 2. The van der Waals surface area contributed by atoms with Crippen molar-refractivity contribution in [3.8, 4) is 11.1 Å². The van der Waals surface area contributed by atoms with E-state index in [1.807, 2.05) is 36.4 Å². The average molecular weight is 675 g/mol. The van der Waals surface area contributed by atoms with Gasteiger partial charge in [0.05, 0.1) is 0 Å². The molecule has 0 spiro atoms. The van der Waals surface area contributed by atoms with Gasteiger partial charge in [-0.2, -0.15) is 47.5 Å². The Bertz CT molecular complexity index is 1410. The molecular formula is C39H44Cl2Zr-4. The summed E-state index contributed by atoms with van der Waals surface area (Å²) in [5.41, 5.74) is 15.8. The number of hydrogen-bond donors (Lipinski definition) is 0. The van der Waals surface area contributed by atoms with Gasteiger partial charge in [-0.3, -0.25) is 12.2 Å². The zero-order valence-electron chi connectivity index (χ0n) is 26.4. The van der Waals surface area contributed by atoms with E-state index in [0.29, 0.717) is 0 Å². The predicted octanol–water partition coefficient (Wildman–Crippen LogP) is 10.8. The van der Waals surface area contributed by atoms with Crippen LogP contribution in [0.15, 0.2) is 72.8 Å². The Morgan fingerprint density at radius 2 is 1.36 bits per heavy atom. The molecule has 42 heavy (non-hydrogen) atoms. The predicted molar refractivity (Wildman–Crippen MR) is 186 cm³/mol. The maximum absolute atomic E-state index is 3.65. The summed E-state index contributed by atoms with van der Waals surface area (Å²) in [5.74, 6) is 0. The molecule has 0 aromatic heterocycles. The zero-order chi connectivity index (χ0) is 28.4. The van der Waals surface area contributed by atoms with E-state index in [1.165, 1.54) is 85.5 Å². The Morgan fingerprint density at radius 3 is 1.83 bits per heavy atom. The van der Waals surface area contributed by atoms with E-state index >= 15 is 0 Å². The van der Waals surface area contributed by atoms with E-state index in [0.717, 1.165) is 12.8 Å². The normalized spacial score (nSPS) is 15.9. The van der Waals surface area contributed by atoms with Gasteiger partial charge in [0.1, 0.15) is 0 Å². The van der Waals surface area contributed by atoms with Gasteiger partial charge < -0.3 is 7.43 Å². The minimum absolute atomic E-state index is 0. The minimum atomic E-state index is 0. The molecule has 0 saturated heterocycles. The van der Waals surface area contributed by atoms with Crippen molar-refractivity contribution in [2.75, 3.05) is 0 Å². The summed E-state index contributed by atoms with van der Waals surface area (Å²) in [7, 11) is 0. The fourth-order valence-electron chi connectivity index (χ4n) is 6.09. The monoisotopic (exact) mass is 672 g/mol. The molecule has 0 atom stereocenters. The molecule has 0 amide bonds. The van der Waals surface area contributed by atoms with Crippen molar-refractivity contribution in [3.63, 3.8) is 0 Å². The molecule has 0 unspecified atom stereocenters. The molecule has 222 valence electrons. The molecule has 0 fully saturated rings. The fourth-order valence-corrected chi connectivity index (χ4v) is 6.09. The van der Waals surface area contributed by atoms with Crippen LogP contribution in [0, 0.1) is 32.6 Å². The van der Waals surface area contributed by atoms with Gasteiger partial charge in [0.25, 0.3) is 0 Å². The van der Waals surface area contributed by atoms with E-state index in [-0.39, 0.29) is 43.1 Å². The molecule has 0 aliphatic heterocycles. The third kappa shape index (κ3) is 7.91. The second-order valence-corrected chi connectivity index (χ2v) is 11.8. The van der Waals surface area contributed by atoms with E-state index in [1.54, 1.807) is 0 Å². The average Bonchev–Trinajstić information content (AvgIpc) is 3.67. The molecule has 0 heterocycles. The summed E-state index contributed by atoms with van der Waals surface area (Å²) >= 11 is 1.30. The first-order valence-corrected chi connectivity index (χ1v) is 15.5. The first-order valence-electron chi connectivity index (χ1n) is 13.7. The maximum atomic E-state index is 3.65. The number of aryl methyl sites for hydroxylation is 1. The summed E-state index contributed by atoms with van der Waals surface area (Å²) in [5, 5.41) is 0. The van der Waals surface area contributed by atoms with Crippen LogP contribution in [0.2, 0.25) is 0 Å². The second kappa shape index (κ2) is 15.6. The van der Waals surface area contributed by atoms with Crippen molar-refractivity contribution >= 4 is 40.2 Å². The molecule has 0 saturated carbocycles. The Hall–Kier alpha value is -2.05. The molecule has 4 aliphatic carbocycles. The van der Waals surface area contributed by atoms with Gasteiger partial charge in [-0.15, -0.1) is 42.9 Å². The van der Waals surface area contributed by atoms with Gasteiger partial charge >= 0.3 is 28.4 Å². The van der Waals surface area contributed by atoms with Crippen molar-refractivity contribution in [3.05, 3.63) is 137 Å². The molecule has 4 aliphatic rings. The molecular weight excluding hydrogens is 631 g/mol. The first kappa shape index (κ1) is 38.0. The molecule has 7 rings (SSSR count). The topological polar surface area (TPSA) is 0 Å². The Labute approximate surface area is 283 Å². The summed E-state index contributed by atoms with van der Waals surface area (Å²) in [4.78, 5) is 0. The molecule has 0 radical (unpaired) electrons. The van der Waals surface area contributed by atoms with Gasteiger partial charge in [-0.25, -0.2) is 17.7 Å². The van der Waals surface area contributed by atoms with E-state index < -0.39 is 0 Å². The van der Waals surface area contributed by atoms with Gasteiger partial charge in [0.2, 0.25) is 0 Å².